The van der Waals surface area contributed by atoms with Gasteiger partial charge in [-0.05, 0) is 66.3 Å². The van der Waals surface area contributed by atoms with Crippen molar-refractivity contribution in [1.29, 1.82) is 0 Å². The maximum atomic E-state index is 9.23. The number of imidazole rings is 1. The van der Waals surface area contributed by atoms with Crippen LogP contribution >= 0.6 is 0 Å². The SMILES string of the molecule is Cc1ccc(CCCO)c(NCc2ccc3nc(N)n(Cc4cccc5cccnc45)c3c2)c1. The monoisotopic (exact) mass is 451 g/mol. The highest BCUT2D eigenvalue weighted by atomic mass is 16.2. The van der Waals surface area contributed by atoms with Crippen LogP contribution in [-0.4, -0.2) is 26.2 Å². The van der Waals surface area contributed by atoms with E-state index in [9.17, 15) is 5.11 Å². The van der Waals surface area contributed by atoms with Crippen LogP contribution in [0, 0.1) is 6.92 Å². The lowest BCUT2D eigenvalue weighted by Gasteiger charge is -2.14. The fourth-order valence-electron chi connectivity index (χ4n) is 4.47. The highest BCUT2D eigenvalue weighted by Gasteiger charge is 2.12. The van der Waals surface area contributed by atoms with Gasteiger partial charge in [-0.15, -0.1) is 0 Å². The standard InChI is InChI=1S/C28H29N5O/c1-19-9-11-21(8-4-14-34)25(15-19)31-17-20-10-12-24-26(16-20)33(28(29)32-24)18-23-6-2-5-22-7-3-13-30-27(22)23/h2-3,5-7,9-13,15-16,31,34H,4,8,14,17-18H2,1H3,(H2,29,32). The summed E-state index contributed by atoms with van der Waals surface area (Å²) in [6.07, 6.45) is 3.43. The maximum Gasteiger partial charge on any atom is 0.201 e. The molecule has 6 nitrogen and oxygen atoms in total. The van der Waals surface area contributed by atoms with E-state index in [0.717, 1.165) is 51.6 Å². The predicted molar refractivity (Wildman–Crippen MR) is 139 cm³/mol. The lowest BCUT2D eigenvalue weighted by Crippen LogP contribution is -2.06. The molecule has 0 fully saturated rings. The minimum absolute atomic E-state index is 0.196. The van der Waals surface area contributed by atoms with Gasteiger partial charge >= 0.3 is 0 Å². The van der Waals surface area contributed by atoms with E-state index in [2.05, 4.69) is 81.4 Å². The average Bonchev–Trinajstić information content (AvgIpc) is 3.16. The molecule has 5 rings (SSSR count). The van der Waals surface area contributed by atoms with Gasteiger partial charge < -0.3 is 20.7 Å². The molecule has 172 valence electrons. The Morgan fingerprint density at radius 3 is 2.76 bits per heavy atom. The topological polar surface area (TPSA) is 89.0 Å². The van der Waals surface area contributed by atoms with Crippen LogP contribution in [0.4, 0.5) is 11.6 Å². The first-order valence-electron chi connectivity index (χ1n) is 11.6. The Labute approximate surface area is 199 Å². The summed E-state index contributed by atoms with van der Waals surface area (Å²) in [5, 5.41) is 13.9. The number of aliphatic hydroxyl groups is 1. The van der Waals surface area contributed by atoms with Crippen LogP contribution in [-0.2, 0) is 19.5 Å². The van der Waals surface area contributed by atoms with E-state index < -0.39 is 0 Å². The molecule has 2 aromatic heterocycles. The van der Waals surface area contributed by atoms with E-state index in [1.807, 2.05) is 18.3 Å². The lowest BCUT2D eigenvalue weighted by molar-refractivity contribution is 0.288. The molecule has 4 N–H and O–H groups in total. The van der Waals surface area contributed by atoms with E-state index in [-0.39, 0.29) is 6.61 Å². The molecule has 34 heavy (non-hydrogen) atoms. The molecular formula is C28H29N5O. The van der Waals surface area contributed by atoms with Crippen molar-refractivity contribution in [3.05, 3.63) is 95.2 Å². The number of benzene rings is 3. The predicted octanol–water partition coefficient (Wildman–Crippen LogP) is 5.06. The molecule has 0 unspecified atom stereocenters. The van der Waals surface area contributed by atoms with Crippen molar-refractivity contribution in [2.45, 2.75) is 32.9 Å². The van der Waals surface area contributed by atoms with E-state index in [1.54, 1.807) is 0 Å². The molecule has 0 saturated carbocycles. The summed E-state index contributed by atoms with van der Waals surface area (Å²) in [6, 6.07) is 23.0. The van der Waals surface area contributed by atoms with Crippen LogP contribution in [0.3, 0.4) is 0 Å². The number of para-hydroxylation sites is 1. The van der Waals surface area contributed by atoms with Crippen molar-refractivity contribution in [3.8, 4) is 0 Å². The molecule has 0 amide bonds. The smallest absolute Gasteiger partial charge is 0.201 e. The van der Waals surface area contributed by atoms with Gasteiger partial charge in [0.25, 0.3) is 0 Å². The van der Waals surface area contributed by atoms with Gasteiger partial charge in [-0.2, -0.15) is 0 Å². The lowest BCUT2D eigenvalue weighted by atomic mass is 10.0. The molecule has 0 bridgehead atoms. The van der Waals surface area contributed by atoms with Gasteiger partial charge in [0.15, 0.2) is 0 Å². The Morgan fingerprint density at radius 2 is 1.88 bits per heavy atom. The van der Waals surface area contributed by atoms with Gasteiger partial charge in [0.2, 0.25) is 5.95 Å². The molecule has 0 radical (unpaired) electrons. The second-order valence-electron chi connectivity index (χ2n) is 8.71. The summed E-state index contributed by atoms with van der Waals surface area (Å²) in [5.74, 6) is 0.498. The van der Waals surface area contributed by atoms with Crippen LogP contribution < -0.4 is 11.1 Å². The minimum Gasteiger partial charge on any atom is -0.396 e. The molecule has 5 aromatic rings. The maximum absolute atomic E-state index is 9.23. The summed E-state index contributed by atoms with van der Waals surface area (Å²) in [4.78, 5) is 9.17. The Kier molecular flexibility index (Phi) is 6.14. The van der Waals surface area contributed by atoms with Crippen molar-refractivity contribution in [3.63, 3.8) is 0 Å². The number of nitrogens with one attached hydrogen (secondary N) is 1. The average molecular weight is 452 g/mol. The number of hydrogen-bond donors (Lipinski definition) is 3. The summed E-state index contributed by atoms with van der Waals surface area (Å²) in [7, 11) is 0. The van der Waals surface area contributed by atoms with E-state index in [1.165, 1.54) is 11.1 Å². The normalized spacial score (nSPS) is 11.4. The van der Waals surface area contributed by atoms with Crippen LogP contribution in [0.2, 0.25) is 0 Å². The van der Waals surface area contributed by atoms with Crippen LogP contribution in [0.5, 0.6) is 0 Å². The fourth-order valence-corrected chi connectivity index (χ4v) is 4.47. The Morgan fingerprint density at radius 1 is 1.00 bits per heavy atom. The molecule has 0 aliphatic carbocycles. The van der Waals surface area contributed by atoms with Crippen LogP contribution in [0.1, 0.15) is 28.7 Å². The van der Waals surface area contributed by atoms with Gasteiger partial charge in [0, 0.05) is 30.4 Å². The number of nitrogen functional groups attached to an aromatic ring is 1. The van der Waals surface area contributed by atoms with Gasteiger partial charge in [-0.25, -0.2) is 4.98 Å². The minimum atomic E-state index is 0.196. The van der Waals surface area contributed by atoms with Crippen LogP contribution in [0.15, 0.2) is 72.9 Å². The number of aromatic nitrogens is 3. The summed E-state index contributed by atoms with van der Waals surface area (Å²) < 4.78 is 2.06. The number of hydrogen-bond acceptors (Lipinski definition) is 5. The zero-order valence-corrected chi connectivity index (χ0v) is 19.3. The van der Waals surface area contributed by atoms with E-state index >= 15 is 0 Å². The Bertz CT molecular complexity index is 1450. The number of nitrogens with zero attached hydrogens (tertiary/aromatic N) is 3. The summed E-state index contributed by atoms with van der Waals surface area (Å²) >= 11 is 0. The molecule has 0 spiro atoms. The fraction of sp³-hybridized carbons (Fsp3) is 0.214. The van der Waals surface area contributed by atoms with Gasteiger partial charge in [0.05, 0.1) is 23.1 Å². The summed E-state index contributed by atoms with van der Waals surface area (Å²) in [5.41, 5.74) is 15.0. The van der Waals surface area contributed by atoms with E-state index in [4.69, 9.17) is 5.73 Å². The highest BCUT2D eigenvalue weighted by Crippen LogP contribution is 2.25. The van der Waals surface area contributed by atoms with Gasteiger partial charge in [-0.1, -0.05) is 42.5 Å². The number of rotatable bonds is 8. The molecule has 0 aliphatic heterocycles. The molecule has 0 atom stereocenters. The molecular weight excluding hydrogens is 422 g/mol. The first-order chi connectivity index (χ1) is 16.6. The number of nitrogens with two attached hydrogens (primary N) is 1. The first-order valence-corrected chi connectivity index (χ1v) is 11.6. The zero-order valence-electron chi connectivity index (χ0n) is 19.3. The van der Waals surface area contributed by atoms with Crippen molar-refractivity contribution in [2.75, 3.05) is 17.7 Å². The second kappa shape index (κ2) is 9.53. The van der Waals surface area contributed by atoms with Crippen molar-refractivity contribution in [2.24, 2.45) is 0 Å². The molecule has 3 aromatic carbocycles. The third kappa shape index (κ3) is 4.45. The second-order valence-corrected chi connectivity index (χ2v) is 8.71. The molecule has 0 saturated heterocycles. The Balaban J connectivity index is 1.43. The first kappa shape index (κ1) is 21.9. The highest BCUT2D eigenvalue weighted by molar-refractivity contribution is 5.83. The zero-order chi connectivity index (χ0) is 23.5. The van der Waals surface area contributed by atoms with Crippen molar-refractivity contribution >= 4 is 33.6 Å². The number of anilines is 2. The van der Waals surface area contributed by atoms with Crippen molar-refractivity contribution in [1.82, 2.24) is 14.5 Å². The molecule has 6 heteroatoms. The quantitative estimate of drug-likeness (QED) is 0.307. The number of aryl methyl sites for hydroxylation is 2. The number of fused-ring (bicyclic) bond motifs is 2. The summed E-state index contributed by atoms with van der Waals surface area (Å²) in [6.45, 7) is 3.58. The largest absolute Gasteiger partial charge is 0.396 e. The molecule has 2 heterocycles. The van der Waals surface area contributed by atoms with E-state index in [0.29, 0.717) is 19.0 Å². The van der Waals surface area contributed by atoms with Crippen LogP contribution in [0.25, 0.3) is 21.9 Å². The van der Waals surface area contributed by atoms with Gasteiger partial charge in [-0.3, -0.25) is 4.98 Å². The number of aliphatic hydroxyl groups excluding tert-OH is 1. The van der Waals surface area contributed by atoms with Gasteiger partial charge in [0.1, 0.15) is 0 Å². The Hall–Kier alpha value is -3.90. The molecule has 0 aliphatic rings. The third-order valence-corrected chi connectivity index (χ3v) is 6.24. The number of pyridine rings is 1. The third-order valence-electron chi connectivity index (χ3n) is 6.24. The van der Waals surface area contributed by atoms with Crippen molar-refractivity contribution < 1.29 is 5.11 Å².